The van der Waals surface area contributed by atoms with Gasteiger partial charge >= 0.3 is 0 Å². The average molecular weight is 991 g/mol. The van der Waals surface area contributed by atoms with E-state index in [1.807, 2.05) is 0 Å². The molecule has 0 spiro atoms. The van der Waals surface area contributed by atoms with E-state index in [4.69, 9.17) is 52.1 Å². The molecule has 0 unspecified atom stereocenters. The number of aliphatic hydroxyl groups excluding tert-OH is 20. The monoisotopic (exact) mass is 990 g/mol. The Hall–Kier alpha value is -1.24. The van der Waals surface area contributed by atoms with Gasteiger partial charge in [0.25, 0.3) is 0 Å². The van der Waals surface area contributed by atoms with Crippen LogP contribution in [-0.2, 0) is 52.1 Å². The Kier molecular flexibility index (Phi) is 19.4. The Labute approximate surface area is 378 Å². The lowest BCUT2D eigenvalue weighted by molar-refractivity contribution is -0.417. The summed E-state index contributed by atoms with van der Waals surface area (Å²) in [5.74, 6) is 0. The van der Waals surface area contributed by atoms with Gasteiger partial charge < -0.3 is 154 Å². The largest absolute Gasteiger partial charge is 0.394 e. The van der Waals surface area contributed by atoms with Crippen molar-refractivity contribution in [2.24, 2.45) is 0 Å². The molecular weight excluding hydrogens is 928 g/mol. The number of aliphatic hydroxyl groups is 20. The van der Waals surface area contributed by atoms with Gasteiger partial charge in [0.1, 0.15) is 146 Å². The maximum atomic E-state index is 11.5. The molecule has 6 fully saturated rings. The summed E-state index contributed by atoms with van der Waals surface area (Å²) in [7, 11) is 0. The Bertz CT molecular complexity index is 1510. The fraction of sp³-hybridized carbons (Fsp3) is 1.00. The number of ether oxygens (including phenoxy) is 11. The molecule has 0 radical (unpaired) electrons. The van der Waals surface area contributed by atoms with E-state index in [1.165, 1.54) is 0 Å². The molecule has 0 amide bonds. The van der Waals surface area contributed by atoms with Gasteiger partial charge in [0.2, 0.25) is 0 Å². The van der Waals surface area contributed by atoms with E-state index in [9.17, 15) is 102 Å². The first kappa shape index (κ1) is 55.1. The fourth-order valence-corrected chi connectivity index (χ4v) is 8.42. The zero-order chi connectivity index (χ0) is 49.3. The summed E-state index contributed by atoms with van der Waals surface area (Å²) in [5, 5.41) is 211. The van der Waals surface area contributed by atoms with Gasteiger partial charge in [-0.3, -0.25) is 0 Å². The standard InChI is InChI=1S/C36H62O31/c37-1-7-14(44)20(50)26(31(56)57-7)63-33-28(22(52)16(46)9(3-39)59-33)65-35-30(24(54)18(48)11(5-41)61-35)67-36-29(23(53)17(47)12(6-42)62-36)66-34-27(21(51)15(45)10(4-40)60-34)64-32-25(55)19(49)13(43)8(2-38)58-32/h7-56H,1-6H2/t7-,8-,9-,10-,11-,12-,13-,14-,15-,16-,17-,18-,19+,20+,21+,22+,23+,24+,25+,26+,27+,28+,29+,30+,31+,32+,33-,34+,35-,36-/m1/s1. The first-order valence-corrected chi connectivity index (χ1v) is 21.1. The maximum Gasteiger partial charge on any atom is 0.187 e. The maximum absolute atomic E-state index is 11.5. The van der Waals surface area contributed by atoms with Gasteiger partial charge in [0.05, 0.1) is 39.6 Å². The van der Waals surface area contributed by atoms with Crippen molar-refractivity contribution < 1.29 is 154 Å². The van der Waals surface area contributed by atoms with E-state index >= 15 is 0 Å². The second-order valence-electron chi connectivity index (χ2n) is 16.8. The summed E-state index contributed by atoms with van der Waals surface area (Å²) in [6, 6.07) is 0. The van der Waals surface area contributed by atoms with Gasteiger partial charge in [-0.25, -0.2) is 0 Å². The van der Waals surface area contributed by atoms with Crippen molar-refractivity contribution in [3.63, 3.8) is 0 Å². The molecule has 0 aromatic heterocycles. The topological polar surface area (TPSA) is 506 Å². The second-order valence-corrected chi connectivity index (χ2v) is 16.8. The molecule has 0 bridgehead atoms. The Balaban J connectivity index is 1.31. The number of hydrogen-bond donors (Lipinski definition) is 20. The van der Waals surface area contributed by atoms with E-state index in [0.717, 1.165) is 0 Å². The Morgan fingerprint density at radius 1 is 0.224 bits per heavy atom. The minimum absolute atomic E-state index is 0.865. The molecule has 6 aliphatic heterocycles. The van der Waals surface area contributed by atoms with Crippen molar-refractivity contribution in [2.75, 3.05) is 39.6 Å². The summed E-state index contributed by atoms with van der Waals surface area (Å²) in [5.41, 5.74) is 0. The lowest BCUT2D eigenvalue weighted by Gasteiger charge is -2.50. The van der Waals surface area contributed by atoms with Crippen LogP contribution in [0.1, 0.15) is 0 Å². The van der Waals surface area contributed by atoms with Crippen LogP contribution in [-0.4, -0.2) is 326 Å². The zero-order valence-electron chi connectivity index (χ0n) is 35.0. The third kappa shape index (κ3) is 11.2. The zero-order valence-corrected chi connectivity index (χ0v) is 35.0. The van der Waals surface area contributed by atoms with Crippen LogP contribution in [0.25, 0.3) is 0 Å². The third-order valence-electron chi connectivity index (χ3n) is 12.4. The highest BCUT2D eigenvalue weighted by atomic mass is 16.8. The summed E-state index contributed by atoms with van der Waals surface area (Å²) >= 11 is 0. The van der Waals surface area contributed by atoms with Crippen LogP contribution in [0.15, 0.2) is 0 Å². The molecule has 30 atom stereocenters. The van der Waals surface area contributed by atoms with Crippen LogP contribution >= 0.6 is 0 Å². The van der Waals surface area contributed by atoms with E-state index in [-0.39, 0.29) is 0 Å². The highest BCUT2D eigenvalue weighted by Crippen LogP contribution is 2.37. The molecule has 6 saturated heterocycles. The van der Waals surface area contributed by atoms with Crippen LogP contribution < -0.4 is 0 Å². The first-order chi connectivity index (χ1) is 31.8. The van der Waals surface area contributed by atoms with Crippen LogP contribution in [0.5, 0.6) is 0 Å². The highest BCUT2D eigenvalue weighted by molar-refractivity contribution is 5.00. The highest BCUT2D eigenvalue weighted by Gasteiger charge is 2.58. The second kappa shape index (κ2) is 23.5. The van der Waals surface area contributed by atoms with Crippen molar-refractivity contribution in [3.05, 3.63) is 0 Å². The summed E-state index contributed by atoms with van der Waals surface area (Å²) < 4.78 is 62.2. The molecule has 67 heavy (non-hydrogen) atoms. The average Bonchev–Trinajstić information content (AvgIpc) is 3.32. The van der Waals surface area contributed by atoms with Crippen LogP contribution in [0.4, 0.5) is 0 Å². The molecular formula is C36H62O31. The lowest BCUT2D eigenvalue weighted by Crippen LogP contribution is -2.69. The van der Waals surface area contributed by atoms with Gasteiger partial charge in [-0.05, 0) is 0 Å². The van der Waals surface area contributed by atoms with Crippen molar-refractivity contribution in [1.29, 1.82) is 0 Å². The van der Waals surface area contributed by atoms with Crippen molar-refractivity contribution in [1.82, 2.24) is 0 Å². The minimum Gasteiger partial charge on any atom is -0.394 e. The molecule has 6 rings (SSSR count). The molecule has 6 heterocycles. The van der Waals surface area contributed by atoms with Crippen LogP contribution in [0.2, 0.25) is 0 Å². The predicted octanol–water partition coefficient (Wildman–Crippen LogP) is -14.1. The predicted molar refractivity (Wildman–Crippen MR) is 199 cm³/mol. The van der Waals surface area contributed by atoms with Crippen molar-refractivity contribution in [3.8, 4) is 0 Å². The van der Waals surface area contributed by atoms with Crippen molar-refractivity contribution >= 4 is 0 Å². The number of rotatable bonds is 16. The molecule has 0 aromatic rings. The van der Waals surface area contributed by atoms with E-state index in [0.29, 0.717) is 0 Å². The summed E-state index contributed by atoms with van der Waals surface area (Å²) in [4.78, 5) is 0. The van der Waals surface area contributed by atoms with Gasteiger partial charge in [-0.2, -0.15) is 0 Å². The normalized spacial score (nSPS) is 53.4. The Morgan fingerprint density at radius 2 is 0.433 bits per heavy atom. The van der Waals surface area contributed by atoms with Crippen molar-refractivity contribution in [2.45, 2.75) is 184 Å². The quantitative estimate of drug-likeness (QED) is 0.0683. The van der Waals surface area contributed by atoms with E-state index in [1.54, 1.807) is 0 Å². The molecule has 392 valence electrons. The van der Waals surface area contributed by atoms with Gasteiger partial charge in [0, 0.05) is 0 Å². The van der Waals surface area contributed by atoms with Crippen LogP contribution in [0.3, 0.4) is 0 Å². The SMILES string of the molecule is OC[C@H]1O[C@@H](O[C@@H]2[C@H](O[C@@H]3[C@@H](O[C@@H]4[C@@H](O[C@@H]5[C@@H](O[C@H]6[C@@H](O)[C@H](O)[C@@H](CO)O[C@@H]6O)O[C@H](CO)[C@@H](O)[C@@H]5O)O[C@H](CO)[C@@H](O)[C@@H]4O)O[C@H](CO)[C@@H](O)[C@@H]3O)O[C@H](CO)[C@@H](O)[C@@H]2O)[C@@H](O)[C@@H](O)[C@@H]1O. The molecule has 0 aliphatic carbocycles. The molecule has 6 aliphatic rings. The molecule has 31 nitrogen and oxygen atoms in total. The van der Waals surface area contributed by atoms with E-state index < -0.39 is 224 Å². The summed E-state index contributed by atoms with van der Waals surface area (Å²) in [6.07, 6.45) is -60.2. The minimum atomic E-state index is -2.25. The van der Waals surface area contributed by atoms with Gasteiger partial charge in [0.15, 0.2) is 37.7 Å². The molecule has 31 heteroatoms. The van der Waals surface area contributed by atoms with Gasteiger partial charge in [-0.1, -0.05) is 0 Å². The van der Waals surface area contributed by atoms with Gasteiger partial charge in [-0.15, -0.1) is 0 Å². The molecule has 0 saturated carbocycles. The summed E-state index contributed by atoms with van der Waals surface area (Å²) in [6.45, 7) is -5.86. The fourth-order valence-electron chi connectivity index (χ4n) is 8.42. The molecule has 0 aromatic carbocycles. The number of hydrogen-bond acceptors (Lipinski definition) is 31. The van der Waals surface area contributed by atoms with Crippen LogP contribution in [0, 0.1) is 0 Å². The first-order valence-electron chi connectivity index (χ1n) is 21.1. The van der Waals surface area contributed by atoms with E-state index in [2.05, 4.69) is 0 Å². The lowest BCUT2D eigenvalue weighted by atomic mass is 9.95. The molecule has 20 N–H and O–H groups in total. The smallest absolute Gasteiger partial charge is 0.187 e. The Morgan fingerprint density at radius 3 is 0.716 bits per heavy atom. The third-order valence-corrected chi connectivity index (χ3v) is 12.4.